The molecular formula is C13H13N3S. The van der Waals surface area contributed by atoms with Gasteiger partial charge < -0.3 is 0 Å². The van der Waals surface area contributed by atoms with Crippen LogP contribution in [0, 0.1) is 0 Å². The van der Waals surface area contributed by atoms with Crippen LogP contribution in [0.25, 0.3) is 20.8 Å². The van der Waals surface area contributed by atoms with E-state index in [2.05, 4.69) is 52.4 Å². The molecule has 0 unspecified atom stereocenters. The van der Waals surface area contributed by atoms with Crippen molar-refractivity contribution in [1.82, 2.24) is 15.2 Å². The summed E-state index contributed by atoms with van der Waals surface area (Å²) in [7, 11) is 0. The Morgan fingerprint density at radius 2 is 2.18 bits per heavy atom. The van der Waals surface area contributed by atoms with Crippen molar-refractivity contribution >= 4 is 21.4 Å². The van der Waals surface area contributed by atoms with Crippen LogP contribution >= 0.6 is 11.3 Å². The van der Waals surface area contributed by atoms with Gasteiger partial charge in [-0.3, -0.25) is 5.10 Å². The molecule has 2 heterocycles. The number of aromatic nitrogens is 3. The van der Waals surface area contributed by atoms with Crippen LogP contribution in [-0.4, -0.2) is 15.2 Å². The molecule has 86 valence electrons. The number of thiophene rings is 1. The first kappa shape index (κ1) is 10.5. The van der Waals surface area contributed by atoms with Gasteiger partial charge >= 0.3 is 0 Å². The van der Waals surface area contributed by atoms with Crippen LogP contribution in [0.1, 0.15) is 19.2 Å². The maximum atomic E-state index is 4.51. The molecule has 0 amide bonds. The highest BCUT2D eigenvalue weighted by Gasteiger charge is 2.08. The predicted octanol–water partition coefficient (Wildman–Crippen LogP) is 3.64. The third-order valence-electron chi connectivity index (χ3n) is 2.66. The highest BCUT2D eigenvalue weighted by molar-refractivity contribution is 7.22. The number of hydrogen-bond donors (Lipinski definition) is 1. The van der Waals surface area contributed by atoms with E-state index < -0.39 is 0 Å². The van der Waals surface area contributed by atoms with Crippen molar-refractivity contribution in [1.29, 1.82) is 0 Å². The molecule has 4 heteroatoms. The van der Waals surface area contributed by atoms with Gasteiger partial charge in [0, 0.05) is 11.1 Å². The molecule has 0 aliphatic carbocycles. The van der Waals surface area contributed by atoms with Crippen molar-refractivity contribution in [2.75, 3.05) is 0 Å². The maximum absolute atomic E-state index is 4.51. The molecule has 17 heavy (non-hydrogen) atoms. The second-order valence-electron chi connectivity index (χ2n) is 4.00. The van der Waals surface area contributed by atoms with Crippen LogP contribution in [0.15, 0.2) is 30.3 Å². The molecule has 0 atom stereocenters. The Hall–Kier alpha value is -1.68. The highest BCUT2D eigenvalue weighted by Crippen LogP contribution is 2.31. The number of hydrogen-bond acceptors (Lipinski definition) is 3. The normalized spacial score (nSPS) is 11.1. The van der Waals surface area contributed by atoms with Crippen LogP contribution in [0.2, 0.25) is 0 Å². The molecule has 0 spiro atoms. The summed E-state index contributed by atoms with van der Waals surface area (Å²) in [6, 6.07) is 10.5. The van der Waals surface area contributed by atoms with E-state index in [4.69, 9.17) is 0 Å². The quantitative estimate of drug-likeness (QED) is 0.763. The highest BCUT2D eigenvalue weighted by atomic mass is 32.1. The SMILES string of the molecule is CCCc1nc(-c2cc3ccccc3s2)n[nH]1. The van der Waals surface area contributed by atoms with Crippen LogP contribution in [0.5, 0.6) is 0 Å². The third-order valence-corrected chi connectivity index (χ3v) is 3.78. The first-order valence-corrected chi connectivity index (χ1v) is 6.58. The summed E-state index contributed by atoms with van der Waals surface area (Å²) in [6.45, 7) is 2.14. The Balaban J connectivity index is 2.01. The van der Waals surface area contributed by atoms with E-state index in [-0.39, 0.29) is 0 Å². The average Bonchev–Trinajstić information content (AvgIpc) is 2.94. The first-order chi connectivity index (χ1) is 8.36. The summed E-state index contributed by atoms with van der Waals surface area (Å²) in [5, 5.41) is 8.53. The third kappa shape index (κ3) is 1.96. The van der Waals surface area contributed by atoms with E-state index in [1.807, 2.05) is 0 Å². The molecule has 1 N–H and O–H groups in total. The van der Waals surface area contributed by atoms with E-state index in [9.17, 15) is 0 Å². The van der Waals surface area contributed by atoms with Crippen LogP contribution in [0.4, 0.5) is 0 Å². The van der Waals surface area contributed by atoms with Crippen molar-refractivity contribution in [3.05, 3.63) is 36.2 Å². The summed E-state index contributed by atoms with van der Waals surface area (Å²) in [4.78, 5) is 5.64. The average molecular weight is 243 g/mol. The molecule has 0 bridgehead atoms. The Bertz CT molecular complexity index is 606. The van der Waals surface area contributed by atoms with E-state index in [1.54, 1.807) is 11.3 Å². The van der Waals surface area contributed by atoms with E-state index in [0.29, 0.717) is 0 Å². The van der Waals surface area contributed by atoms with Gasteiger partial charge in [-0.25, -0.2) is 4.98 Å². The summed E-state index contributed by atoms with van der Waals surface area (Å²) < 4.78 is 1.28. The lowest BCUT2D eigenvalue weighted by atomic mass is 10.2. The van der Waals surface area contributed by atoms with E-state index in [1.165, 1.54) is 10.1 Å². The minimum absolute atomic E-state index is 0.814. The molecule has 0 aliphatic heterocycles. The molecule has 2 aromatic heterocycles. The fourth-order valence-corrected chi connectivity index (χ4v) is 2.84. The van der Waals surface area contributed by atoms with Crippen molar-refractivity contribution in [2.24, 2.45) is 0 Å². The van der Waals surface area contributed by atoms with Crippen molar-refractivity contribution < 1.29 is 0 Å². The Morgan fingerprint density at radius 3 is 3.00 bits per heavy atom. The Kier molecular flexibility index (Phi) is 2.65. The molecule has 0 radical (unpaired) electrons. The minimum Gasteiger partial charge on any atom is -0.263 e. The number of H-pyrrole nitrogens is 1. The topological polar surface area (TPSA) is 41.6 Å². The van der Waals surface area contributed by atoms with Gasteiger partial charge in [-0.15, -0.1) is 11.3 Å². The summed E-state index contributed by atoms with van der Waals surface area (Å²) in [5.74, 6) is 1.79. The number of benzene rings is 1. The van der Waals surface area contributed by atoms with Gasteiger partial charge in [0.1, 0.15) is 5.82 Å². The van der Waals surface area contributed by atoms with E-state index >= 15 is 0 Å². The van der Waals surface area contributed by atoms with Crippen LogP contribution < -0.4 is 0 Å². The van der Waals surface area contributed by atoms with Crippen LogP contribution in [-0.2, 0) is 6.42 Å². The fraction of sp³-hybridized carbons (Fsp3) is 0.231. The minimum atomic E-state index is 0.814. The van der Waals surface area contributed by atoms with Gasteiger partial charge in [-0.2, -0.15) is 5.10 Å². The molecule has 3 aromatic rings. The molecular weight excluding hydrogens is 230 g/mol. The van der Waals surface area contributed by atoms with Gasteiger partial charge in [0.2, 0.25) is 0 Å². The predicted molar refractivity (Wildman–Crippen MR) is 71.2 cm³/mol. The van der Waals surface area contributed by atoms with Gasteiger partial charge in [0.15, 0.2) is 5.82 Å². The van der Waals surface area contributed by atoms with Crippen molar-refractivity contribution in [2.45, 2.75) is 19.8 Å². The number of fused-ring (bicyclic) bond motifs is 1. The summed E-state index contributed by atoms with van der Waals surface area (Å²) in [5.41, 5.74) is 0. The monoisotopic (exact) mass is 243 g/mol. The zero-order valence-electron chi connectivity index (χ0n) is 9.60. The fourth-order valence-electron chi connectivity index (χ4n) is 1.85. The smallest absolute Gasteiger partial charge is 0.191 e. The van der Waals surface area contributed by atoms with Crippen molar-refractivity contribution in [3.8, 4) is 10.7 Å². The summed E-state index contributed by atoms with van der Waals surface area (Å²) in [6.07, 6.45) is 2.04. The standard InChI is InChI=1S/C13H13N3S/c1-2-5-12-14-13(16-15-12)11-8-9-6-3-4-7-10(9)17-11/h3-4,6-8H,2,5H2,1H3,(H,14,15,16). The zero-order chi connectivity index (χ0) is 11.7. The molecule has 1 aromatic carbocycles. The van der Waals surface area contributed by atoms with E-state index in [0.717, 1.165) is 29.4 Å². The van der Waals surface area contributed by atoms with Gasteiger partial charge in [-0.05, 0) is 23.9 Å². The summed E-state index contributed by atoms with van der Waals surface area (Å²) >= 11 is 1.74. The lowest BCUT2D eigenvalue weighted by Crippen LogP contribution is -1.84. The lowest BCUT2D eigenvalue weighted by Gasteiger charge is -1.86. The molecule has 3 rings (SSSR count). The van der Waals surface area contributed by atoms with Gasteiger partial charge in [-0.1, -0.05) is 25.1 Å². The number of nitrogens with one attached hydrogen (secondary N) is 1. The number of rotatable bonds is 3. The lowest BCUT2D eigenvalue weighted by molar-refractivity contribution is 0.841. The molecule has 0 aliphatic rings. The number of aryl methyl sites for hydroxylation is 1. The van der Waals surface area contributed by atoms with Crippen LogP contribution in [0.3, 0.4) is 0 Å². The zero-order valence-corrected chi connectivity index (χ0v) is 10.4. The largest absolute Gasteiger partial charge is 0.263 e. The Labute approximate surface area is 104 Å². The van der Waals surface area contributed by atoms with Crippen molar-refractivity contribution in [3.63, 3.8) is 0 Å². The molecule has 0 saturated heterocycles. The Morgan fingerprint density at radius 1 is 1.29 bits per heavy atom. The second kappa shape index (κ2) is 4.30. The second-order valence-corrected chi connectivity index (χ2v) is 5.09. The molecule has 0 saturated carbocycles. The first-order valence-electron chi connectivity index (χ1n) is 5.77. The molecule has 0 fully saturated rings. The maximum Gasteiger partial charge on any atom is 0.191 e. The van der Waals surface area contributed by atoms with Gasteiger partial charge in [0.25, 0.3) is 0 Å². The number of aromatic amines is 1. The molecule has 3 nitrogen and oxygen atoms in total. The number of nitrogens with zero attached hydrogens (tertiary/aromatic N) is 2. The van der Waals surface area contributed by atoms with Gasteiger partial charge in [0.05, 0.1) is 4.88 Å².